The molecule has 0 saturated heterocycles. The van der Waals surface area contributed by atoms with Crippen molar-refractivity contribution in [2.45, 2.75) is 52.5 Å². The Kier molecular flexibility index (Phi) is 4.30. The van der Waals surface area contributed by atoms with Gasteiger partial charge in [0.05, 0.1) is 10.4 Å². The highest BCUT2D eigenvalue weighted by atomic mass is 32.1. The summed E-state index contributed by atoms with van der Waals surface area (Å²) in [7, 11) is 0. The topological polar surface area (TPSA) is 55.1 Å². The minimum Gasteiger partial charge on any atom is -0.392 e. The Hall–Kier alpha value is -0.640. The highest BCUT2D eigenvalue weighted by molar-refractivity contribution is 7.80. The molecule has 3 N–H and O–H groups in total. The van der Waals surface area contributed by atoms with Crippen LogP contribution >= 0.6 is 12.2 Å². The first kappa shape index (κ1) is 13.4. The summed E-state index contributed by atoms with van der Waals surface area (Å²) in [5.41, 5.74) is 5.15. The molecule has 4 heteroatoms. The van der Waals surface area contributed by atoms with Crippen molar-refractivity contribution in [3.8, 4) is 0 Å². The first-order chi connectivity index (χ1) is 7.44. The Morgan fingerprint density at radius 3 is 2.31 bits per heavy atom. The van der Waals surface area contributed by atoms with E-state index in [9.17, 15) is 4.79 Å². The lowest BCUT2D eigenvalue weighted by atomic mass is 9.68. The van der Waals surface area contributed by atoms with Gasteiger partial charge in [0, 0.05) is 6.04 Å². The maximum atomic E-state index is 12.2. The molecule has 1 rings (SSSR count). The van der Waals surface area contributed by atoms with Crippen molar-refractivity contribution in [3.05, 3.63) is 0 Å². The second-order valence-corrected chi connectivity index (χ2v) is 5.47. The molecule has 0 heterocycles. The standard InChI is InChI=1S/C12H22N2OS/c1-4-9(8(2)3)14-11(15)12(10(13)16)6-5-7-12/h8-9H,4-7H2,1-3H3,(H2,13,16)(H,14,15). The van der Waals surface area contributed by atoms with E-state index in [4.69, 9.17) is 18.0 Å². The van der Waals surface area contributed by atoms with E-state index >= 15 is 0 Å². The number of amides is 1. The van der Waals surface area contributed by atoms with Gasteiger partial charge in [-0.3, -0.25) is 4.79 Å². The predicted molar refractivity (Wildman–Crippen MR) is 70.1 cm³/mol. The van der Waals surface area contributed by atoms with Gasteiger partial charge < -0.3 is 11.1 Å². The van der Waals surface area contributed by atoms with E-state index in [-0.39, 0.29) is 11.9 Å². The van der Waals surface area contributed by atoms with Crippen molar-refractivity contribution in [2.75, 3.05) is 0 Å². The first-order valence-corrected chi connectivity index (χ1v) is 6.45. The molecule has 0 radical (unpaired) electrons. The Bertz CT molecular complexity index is 285. The maximum Gasteiger partial charge on any atom is 0.233 e. The van der Waals surface area contributed by atoms with Gasteiger partial charge in [-0.25, -0.2) is 0 Å². The summed E-state index contributed by atoms with van der Waals surface area (Å²) in [5.74, 6) is 0.476. The molecule has 1 fully saturated rings. The van der Waals surface area contributed by atoms with Crippen LogP contribution in [0.15, 0.2) is 0 Å². The van der Waals surface area contributed by atoms with Gasteiger partial charge in [0.15, 0.2) is 0 Å². The number of carbonyl (C=O) groups excluding carboxylic acids is 1. The van der Waals surface area contributed by atoms with E-state index in [1.807, 2.05) is 0 Å². The minimum atomic E-state index is -0.544. The van der Waals surface area contributed by atoms with E-state index in [0.717, 1.165) is 25.7 Å². The summed E-state index contributed by atoms with van der Waals surface area (Å²) in [6.45, 7) is 6.31. The van der Waals surface area contributed by atoms with Crippen LogP contribution in [0.3, 0.4) is 0 Å². The average Bonchev–Trinajstić information content (AvgIpc) is 2.10. The number of nitrogens with one attached hydrogen (secondary N) is 1. The van der Waals surface area contributed by atoms with Crippen LogP contribution in [-0.2, 0) is 4.79 Å². The Balaban J connectivity index is 2.67. The van der Waals surface area contributed by atoms with Gasteiger partial charge in [-0.05, 0) is 25.2 Å². The SMILES string of the molecule is CCC(NC(=O)C1(C(N)=S)CCC1)C(C)C. The number of carbonyl (C=O) groups is 1. The van der Waals surface area contributed by atoms with E-state index in [2.05, 4.69) is 26.1 Å². The molecule has 1 unspecified atom stereocenters. The van der Waals surface area contributed by atoms with Crippen LogP contribution in [0.5, 0.6) is 0 Å². The summed E-state index contributed by atoms with van der Waals surface area (Å²) in [4.78, 5) is 12.5. The molecule has 0 bridgehead atoms. The Labute approximate surface area is 103 Å². The van der Waals surface area contributed by atoms with Crippen LogP contribution in [0.2, 0.25) is 0 Å². The highest BCUT2D eigenvalue weighted by Crippen LogP contribution is 2.41. The van der Waals surface area contributed by atoms with Crippen LogP contribution in [0.4, 0.5) is 0 Å². The zero-order chi connectivity index (χ0) is 12.3. The number of hydrogen-bond donors (Lipinski definition) is 2. The summed E-state index contributed by atoms with van der Waals surface area (Å²) in [6, 6.07) is 0.222. The lowest BCUT2D eigenvalue weighted by Gasteiger charge is -2.40. The van der Waals surface area contributed by atoms with Gasteiger partial charge in [0.25, 0.3) is 0 Å². The van der Waals surface area contributed by atoms with Crippen LogP contribution in [0, 0.1) is 11.3 Å². The van der Waals surface area contributed by atoms with Gasteiger partial charge in [-0.1, -0.05) is 39.4 Å². The smallest absolute Gasteiger partial charge is 0.233 e. The van der Waals surface area contributed by atoms with Crippen LogP contribution in [0.25, 0.3) is 0 Å². The lowest BCUT2D eigenvalue weighted by Crippen LogP contribution is -2.55. The molecular weight excluding hydrogens is 220 g/mol. The molecule has 0 aliphatic heterocycles. The molecule has 92 valence electrons. The molecular formula is C12H22N2OS. The molecule has 1 aliphatic carbocycles. The normalized spacial score (nSPS) is 20.0. The number of hydrogen-bond acceptors (Lipinski definition) is 2. The third kappa shape index (κ3) is 2.37. The summed E-state index contributed by atoms with van der Waals surface area (Å²) in [6.07, 6.45) is 3.60. The fourth-order valence-electron chi connectivity index (χ4n) is 2.16. The van der Waals surface area contributed by atoms with E-state index < -0.39 is 5.41 Å². The highest BCUT2D eigenvalue weighted by Gasteiger charge is 2.47. The molecule has 0 aromatic carbocycles. The van der Waals surface area contributed by atoms with Gasteiger partial charge in [0.2, 0.25) is 5.91 Å². The maximum absolute atomic E-state index is 12.2. The molecule has 1 amide bonds. The molecule has 0 aromatic rings. The zero-order valence-corrected chi connectivity index (χ0v) is 11.2. The Morgan fingerprint density at radius 1 is 1.50 bits per heavy atom. The minimum absolute atomic E-state index is 0.0341. The number of rotatable bonds is 5. The number of thiocarbonyl (C=S) groups is 1. The van der Waals surface area contributed by atoms with Gasteiger partial charge in [-0.2, -0.15) is 0 Å². The average molecular weight is 242 g/mol. The molecule has 16 heavy (non-hydrogen) atoms. The van der Waals surface area contributed by atoms with Crippen molar-refractivity contribution >= 4 is 23.1 Å². The second kappa shape index (κ2) is 5.13. The molecule has 1 saturated carbocycles. The molecule has 0 spiro atoms. The van der Waals surface area contributed by atoms with Crippen molar-refractivity contribution in [2.24, 2.45) is 17.1 Å². The van der Waals surface area contributed by atoms with E-state index in [1.54, 1.807) is 0 Å². The fourth-order valence-corrected chi connectivity index (χ4v) is 2.46. The largest absolute Gasteiger partial charge is 0.392 e. The summed E-state index contributed by atoms with van der Waals surface area (Å²) in [5, 5.41) is 3.08. The molecule has 1 atom stereocenters. The van der Waals surface area contributed by atoms with E-state index in [1.165, 1.54) is 0 Å². The molecule has 0 aromatic heterocycles. The van der Waals surface area contributed by atoms with Crippen LogP contribution in [0.1, 0.15) is 46.5 Å². The van der Waals surface area contributed by atoms with Crippen molar-refractivity contribution in [1.29, 1.82) is 0 Å². The van der Waals surface area contributed by atoms with Crippen LogP contribution in [-0.4, -0.2) is 16.9 Å². The second-order valence-electron chi connectivity index (χ2n) is 5.03. The Morgan fingerprint density at radius 2 is 2.06 bits per heavy atom. The molecule has 3 nitrogen and oxygen atoms in total. The first-order valence-electron chi connectivity index (χ1n) is 6.05. The quantitative estimate of drug-likeness (QED) is 0.725. The van der Waals surface area contributed by atoms with Gasteiger partial charge in [0.1, 0.15) is 0 Å². The predicted octanol–water partition coefficient (Wildman–Crippen LogP) is 1.99. The third-order valence-corrected chi connectivity index (χ3v) is 4.07. The third-order valence-electron chi connectivity index (χ3n) is 3.67. The van der Waals surface area contributed by atoms with E-state index in [0.29, 0.717) is 10.9 Å². The lowest BCUT2D eigenvalue weighted by molar-refractivity contribution is -0.131. The number of nitrogens with two attached hydrogens (primary N) is 1. The fraction of sp³-hybridized carbons (Fsp3) is 0.833. The van der Waals surface area contributed by atoms with Crippen molar-refractivity contribution < 1.29 is 4.79 Å². The van der Waals surface area contributed by atoms with Crippen molar-refractivity contribution in [3.63, 3.8) is 0 Å². The monoisotopic (exact) mass is 242 g/mol. The summed E-state index contributed by atoms with van der Waals surface area (Å²) < 4.78 is 0. The van der Waals surface area contributed by atoms with Gasteiger partial charge >= 0.3 is 0 Å². The van der Waals surface area contributed by atoms with Crippen LogP contribution < -0.4 is 11.1 Å². The van der Waals surface area contributed by atoms with Crippen molar-refractivity contribution in [1.82, 2.24) is 5.32 Å². The summed E-state index contributed by atoms with van der Waals surface area (Å²) >= 11 is 5.03. The van der Waals surface area contributed by atoms with Gasteiger partial charge in [-0.15, -0.1) is 0 Å². The zero-order valence-electron chi connectivity index (χ0n) is 10.4. The molecule has 1 aliphatic rings.